The van der Waals surface area contributed by atoms with E-state index in [0.29, 0.717) is 18.5 Å². The summed E-state index contributed by atoms with van der Waals surface area (Å²) in [6.45, 7) is 0.688. The van der Waals surface area contributed by atoms with E-state index in [4.69, 9.17) is 5.11 Å². The molecule has 0 aliphatic rings. The van der Waals surface area contributed by atoms with Gasteiger partial charge in [-0.25, -0.2) is 0 Å². The van der Waals surface area contributed by atoms with Gasteiger partial charge in [0.15, 0.2) is 0 Å². The third-order valence-corrected chi connectivity index (χ3v) is 3.57. The first kappa shape index (κ1) is 17.8. The number of rotatable bonds is 7. The van der Waals surface area contributed by atoms with Crippen molar-refractivity contribution in [2.75, 3.05) is 20.2 Å². The van der Waals surface area contributed by atoms with E-state index in [1.807, 2.05) is 0 Å². The first-order valence-electron chi connectivity index (χ1n) is 6.55. The second kappa shape index (κ2) is 8.29. The number of carbonyl (C=O) groups excluding carboxylic acids is 1. The van der Waals surface area contributed by atoms with Crippen molar-refractivity contribution in [3.05, 3.63) is 29.8 Å². The van der Waals surface area contributed by atoms with Crippen LogP contribution in [0, 0.1) is 0 Å². The van der Waals surface area contributed by atoms with E-state index in [2.05, 4.69) is 0 Å². The minimum absolute atomic E-state index is 0.0599. The predicted molar refractivity (Wildman–Crippen MR) is 76.3 cm³/mol. The van der Waals surface area contributed by atoms with Gasteiger partial charge in [-0.2, -0.15) is 13.2 Å². The molecule has 1 aromatic rings. The molecular weight excluding hydrogens is 303 g/mol. The van der Waals surface area contributed by atoms with Crippen molar-refractivity contribution >= 4 is 17.7 Å². The molecule has 1 amide bonds. The molecule has 1 aromatic carbocycles. The third-order valence-electron chi connectivity index (χ3n) is 2.83. The predicted octanol–water partition coefficient (Wildman–Crippen LogP) is 3.53. The first-order chi connectivity index (χ1) is 9.83. The summed E-state index contributed by atoms with van der Waals surface area (Å²) in [6.07, 6.45) is 2.31. The van der Waals surface area contributed by atoms with E-state index in [0.717, 1.165) is 12.8 Å². The molecule has 0 saturated carbocycles. The number of nitrogens with zero attached hydrogens (tertiary/aromatic N) is 1. The quantitative estimate of drug-likeness (QED) is 0.617. The smallest absolute Gasteiger partial charge is 0.396 e. The van der Waals surface area contributed by atoms with Crippen molar-refractivity contribution in [3.63, 3.8) is 0 Å². The molecule has 0 saturated heterocycles. The van der Waals surface area contributed by atoms with Crippen LogP contribution in [0.25, 0.3) is 0 Å². The van der Waals surface area contributed by atoms with Crippen molar-refractivity contribution in [1.82, 2.24) is 4.90 Å². The number of aliphatic hydroxyl groups excluding tert-OH is 1. The molecule has 21 heavy (non-hydrogen) atoms. The molecule has 1 N–H and O–H groups in total. The van der Waals surface area contributed by atoms with Crippen molar-refractivity contribution in [2.45, 2.75) is 29.7 Å². The lowest BCUT2D eigenvalue weighted by Crippen LogP contribution is -2.27. The number of benzene rings is 1. The largest absolute Gasteiger partial charge is 0.446 e. The zero-order valence-corrected chi connectivity index (χ0v) is 12.5. The number of hydrogen-bond acceptors (Lipinski definition) is 3. The fourth-order valence-corrected chi connectivity index (χ4v) is 2.30. The van der Waals surface area contributed by atoms with Crippen LogP contribution in [0.3, 0.4) is 0 Å². The zero-order chi connectivity index (χ0) is 15.9. The monoisotopic (exact) mass is 321 g/mol. The Morgan fingerprint density at radius 1 is 1.19 bits per heavy atom. The summed E-state index contributed by atoms with van der Waals surface area (Å²) in [5, 5.41) is 8.66. The van der Waals surface area contributed by atoms with Crippen LogP contribution in [0.4, 0.5) is 13.2 Å². The standard InChI is InChI=1S/C14H18F3NO2S/c1-18(9-3-2-4-10-19)13(20)11-5-7-12(8-6-11)21-14(15,16)17/h5-8,19H,2-4,9-10H2,1H3. The molecule has 0 aromatic heterocycles. The Labute approximate surface area is 126 Å². The van der Waals surface area contributed by atoms with Gasteiger partial charge < -0.3 is 10.0 Å². The molecule has 0 fully saturated rings. The van der Waals surface area contributed by atoms with Crippen molar-refractivity contribution < 1.29 is 23.1 Å². The van der Waals surface area contributed by atoms with Crippen LogP contribution in [0.2, 0.25) is 0 Å². The van der Waals surface area contributed by atoms with Crippen LogP contribution in [0.5, 0.6) is 0 Å². The number of halogens is 3. The molecule has 0 aliphatic heterocycles. The lowest BCUT2D eigenvalue weighted by molar-refractivity contribution is -0.0328. The van der Waals surface area contributed by atoms with E-state index in [1.165, 1.54) is 29.2 Å². The fraction of sp³-hybridized carbons (Fsp3) is 0.500. The van der Waals surface area contributed by atoms with E-state index in [1.54, 1.807) is 7.05 Å². The molecule has 0 unspecified atom stereocenters. The average molecular weight is 321 g/mol. The van der Waals surface area contributed by atoms with Gasteiger partial charge in [0.05, 0.1) is 0 Å². The molecule has 0 heterocycles. The topological polar surface area (TPSA) is 40.5 Å². The maximum Gasteiger partial charge on any atom is 0.446 e. The van der Waals surface area contributed by atoms with Crippen molar-refractivity contribution in [1.29, 1.82) is 0 Å². The second-order valence-corrected chi connectivity index (χ2v) is 5.72. The molecule has 3 nitrogen and oxygen atoms in total. The summed E-state index contributed by atoms with van der Waals surface area (Å²) in [4.78, 5) is 13.6. The van der Waals surface area contributed by atoms with Crippen LogP contribution in [-0.2, 0) is 0 Å². The summed E-state index contributed by atoms with van der Waals surface area (Å²) in [6, 6.07) is 5.40. The van der Waals surface area contributed by atoms with Gasteiger partial charge in [-0.15, -0.1) is 0 Å². The van der Waals surface area contributed by atoms with Gasteiger partial charge in [-0.1, -0.05) is 0 Å². The highest BCUT2D eigenvalue weighted by molar-refractivity contribution is 8.00. The van der Waals surface area contributed by atoms with Gasteiger partial charge in [0.1, 0.15) is 0 Å². The van der Waals surface area contributed by atoms with E-state index < -0.39 is 5.51 Å². The van der Waals surface area contributed by atoms with Gasteiger partial charge >= 0.3 is 5.51 Å². The minimum atomic E-state index is -4.32. The Bertz CT molecular complexity index is 449. The summed E-state index contributed by atoms with van der Waals surface area (Å²) in [5.74, 6) is -0.220. The highest BCUT2D eigenvalue weighted by Gasteiger charge is 2.29. The lowest BCUT2D eigenvalue weighted by atomic mass is 10.2. The van der Waals surface area contributed by atoms with Gasteiger partial charge in [0, 0.05) is 30.7 Å². The molecular formula is C14H18F3NO2S. The maximum atomic E-state index is 12.2. The minimum Gasteiger partial charge on any atom is -0.396 e. The van der Waals surface area contributed by atoms with E-state index in [-0.39, 0.29) is 29.2 Å². The molecule has 0 bridgehead atoms. The first-order valence-corrected chi connectivity index (χ1v) is 7.37. The summed E-state index contributed by atoms with van der Waals surface area (Å²) in [7, 11) is 1.65. The van der Waals surface area contributed by atoms with Gasteiger partial charge in [-0.05, 0) is 55.3 Å². The summed E-state index contributed by atoms with van der Waals surface area (Å²) in [5.41, 5.74) is -3.96. The van der Waals surface area contributed by atoms with Crippen molar-refractivity contribution in [2.24, 2.45) is 0 Å². The van der Waals surface area contributed by atoms with Crippen LogP contribution in [0.15, 0.2) is 29.2 Å². The molecule has 118 valence electrons. The number of thioether (sulfide) groups is 1. The molecule has 1 rings (SSSR count). The lowest BCUT2D eigenvalue weighted by Gasteiger charge is -2.17. The number of aliphatic hydroxyl groups is 1. The second-order valence-electron chi connectivity index (χ2n) is 4.58. The summed E-state index contributed by atoms with van der Waals surface area (Å²) >= 11 is -0.200. The highest BCUT2D eigenvalue weighted by Crippen LogP contribution is 2.36. The fourth-order valence-electron chi connectivity index (χ4n) is 1.76. The number of unbranched alkanes of at least 4 members (excludes halogenated alkanes) is 2. The molecule has 0 spiro atoms. The van der Waals surface area contributed by atoms with Crippen LogP contribution >= 0.6 is 11.8 Å². The van der Waals surface area contributed by atoms with Crippen LogP contribution in [-0.4, -0.2) is 41.6 Å². The Balaban J connectivity index is 2.54. The number of amides is 1. The Hall–Kier alpha value is -1.21. The van der Waals surface area contributed by atoms with Gasteiger partial charge in [-0.3, -0.25) is 4.79 Å². The van der Waals surface area contributed by atoms with Crippen LogP contribution in [0.1, 0.15) is 29.6 Å². The van der Waals surface area contributed by atoms with Gasteiger partial charge in [0.25, 0.3) is 5.91 Å². The zero-order valence-electron chi connectivity index (χ0n) is 11.7. The maximum absolute atomic E-state index is 12.2. The Kier molecular flexibility index (Phi) is 7.04. The number of hydrogen-bond donors (Lipinski definition) is 1. The van der Waals surface area contributed by atoms with Gasteiger partial charge in [0.2, 0.25) is 0 Å². The highest BCUT2D eigenvalue weighted by atomic mass is 32.2. The molecule has 7 heteroatoms. The third kappa shape index (κ3) is 6.86. The van der Waals surface area contributed by atoms with Crippen LogP contribution < -0.4 is 0 Å². The molecule has 0 aliphatic carbocycles. The van der Waals surface area contributed by atoms with Crippen molar-refractivity contribution in [3.8, 4) is 0 Å². The number of alkyl halides is 3. The van der Waals surface area contributed by atoms with E-state index in [9.17, 15) is 18.0 Å². The Morgan fingerprint density at radius 3 is 2.33 bits per heavy atom. The summed E-state index contributed by atoms with van der Waals surface area (Å²) < 4.78 is 36.6. The Morgan fingerprint density at radius 2 is 1.81 bits per heavy atom. The molecule has 0 atom stereocenters. The normalized spacial score (nSPS) is 11.5. The molecule has 0 radical (unpaired) electrons. The average Bonchev–Trinajstić information content (AvgIpc) is 2.41. The number of carbonyl (C=O) groups is 1. The SMILES string of the molecule is CN(CCCCCO)C(=O)c1ccc(SC(F)(F)F)cc1. The van der Waals surface area contributed by atoms with E-state index >= 15 is 0 Å².